The quantitative estimate of drug-likeness (QED) is 0.445. The van der Waals surface area contributed by atoms with E-state index in [9.17, 15) is 0 Å². The Balaban J connectivity index is 4.06. The molecule has 1 nitrogen and oxygen atoms in total. The van der Waals surface area contributed by atoms with Crippen molar-refractivity contribution >= 4 is 8.07 Å². The van der Waals surface area contributed by atoms with Crippen LogP contribution in [0.15, 0.2) is 11.6 Å². The molecule has 98 valence electrons. The van der Waals surface area contributed by atoms with Gasteiger partial charge in [-0.25, -0.2) is 0 Å². The zero-order chi connectivity index (χ0) is 13.5. The van der Waals surface area contributed by atoms with Gasteiger partial charge in [-0.1, -0.05) is 45.1 Å². The average molecular weight is 252 g/mol. The van der Waals surface area contributed by atoms with Crippen molar-refractivity contribution in [3.8, 4) is 11.5 Å². The number of hydrogen-bond acceptors (Lipinski definition) is 1. The number of aliphatic hydroxyl groups excluding tert-OH is 1. The Hall–Kier alpha value is -0.523. The molecule has 0 heterocycles. The molecule has 0 spiro atoms. The van der Waals surface area contributed by atoms with E-state index < -0.39 is 8.07 Å². The highest BCUT2D eigenvalue weighted by molar-refractivity contribution is 6.83. The minimum absolute atomic E-state index is 0.00522. The summed E-state index contributed by atoms with van der Waals surface area (Å²) >= 11 is 0. The van der Waals surface area contributed by atoms with Gasteiger partial charge in [0.2, 0.25) is 0 Å². The smallest absolute Gasteiger partial charge is 0.129 e. The highest BCUT2D eigenvalue weighted by atomic mass is 28.3. The molecule has 0 aliphatic rings. The molecule has 0 amide bonds. The van der Waals surface area contributed by atoms with Gasteiger partial charge in [0.25, 0.3) is 0 Å². The van der Waals surface area contributed by atoms with E-state index >= 15 is 0 Å². The zero-order valence-electron chi connectivity index (χ0n) is 12.4. The Labute approximate surface area is 108 Å². The van der Waals surface area contributed by atoms with E-state index in [0.717, 1.165) is 19.3 Å². The van der Waals surface area contributed by atoms with Gasteiger partial charge in [-0.05, 0) is 25.2 Å². The maximum atomic E-state index is 9.16. The van der Waals surface area contributed by atoms with Crippen molar-refractivity contribution < 1.29 is 5.11 Å². The second-order valence-corrected chi connectivity index (χ2v) is 11.4. The first kappa shape index (κ1) is 16.5. The van der Waals surface area contributed by atoms with Crippen LogP contribution in [0.5, 0.6) is 0 Å². The fourth-order valence-electron chi connectivity index (χ4n) is 1.20. The van der Waals surface area contributed by atoms with Crippen molar-refractivity contribution in [1.29, 1.82) is 0 Å². The van der Waals surface area contributed by atoms with E-state index in [4.69, 9.17) is 5.11 Å². The van der Waals surface area contributed by atoms with Crippen molar-refractivity contribution in [1.82, 2.24) is 0 Å². The van der Waals surface area contributed by atoms with Gasteiger partial charge in [0.05, 0.1) is 0 Å². The molecule has 0 aliphatic carbocycles. The van der Waals surface area contributed by atoms with Gasteiger partial charge in [0.15, 0.2) is 0 Å². The first-order valence-corrected chi connectivity index (χ1v) is 9.93. The third kappa shape index (κ3) is 10.4. The molecule has 0 aromatic heterocycles. The molecule has 0 unspecified atom stereocenters. The predicted octanol–water partition coefficient (Wildman–Crippen LogP) is 4.00. The Kier molecular flexibility index (Phi) is 6.82. The van der Waals surface area contributed by atoms with Gasteiger partial charge >= 0.3 is 0 Å². The molecule has 2 heteroatoms. The Morgan fingerprint density at radius 1 is 1.29 bits per heavy atom. The molecular formula is C15H28OSi. The summed E-state index contributed by atoms with van der Waals surface area (Å²) in [4.78, 5) is 0. The van der Waals surface area contributed by atoms with Gasteiger partial charge in [-0.15, -0.1) is 11.5 Å². The van der Waals surface area contributed by atoms with Crippen LogP contribution in [0.4, 0.5) is 0 Å². The fraction of sp³-hybridized carbons (Fsp3) is 0.733. The van der Waals surface area contributed by atoms with Crippen LogP contribution in [0.1, 0.15) is 40.0 Å². The standard InChI is InChI=1S/C15H28OSi/c1-14(10-11-15(2,3)13-16)9-7-8-12-17(4,5)6/h10,16H,7,9,11,13H2,1-6H3/b14-10+. The summed E-state index contributed by atoms with van der Waals surface area (Å²) in [5.41, 5.74) is 4.77. The first-order chi connectivity index (χ1) is 7.66. The van der Waals surface area contributed by atoms with Crippen LogP contribution in [0, 0.1) is 16.9 Å². The highest BCUT2D eigenvalue weighted by Gasteiger charge is 2.14. The predicted molar refractivity (Wildman–Crippen MR) is 79.6 cm³/mol. The maximum Gasteiger partial charge on any atom is 0.129 e. The van der Waals surface area contributed by atoms with Gasteiger partial charge in [-0.3, -0.25) is 0 Å². The van der Waals surface area contributed by atoms with E-state index in [-0.39, 0.29) is 12.0 Å². The molecule has 0 aromatic rings. The molecule has 0 radical (unpaired) electrons. The summed E-state index contributed by atoms with van der Waals surface area (Å²) in [6.07, 6.45) is 5.20. The Morgan fingerprint density at radius 3 is 2.35 bits per heavy atom. The van der Waals surface area contributed by atoms with Crippen molar-refractivity contribution in [2.45, 2.75) is 59.7 Å². The summed E-state index contributed by atoms with van der Waals surface area (Å²) in [6, 6.07) is 0. The largest absolute Gasteiger partial charge is 0.396 e. The van der Waals surface area contributed by atoms with Gasteiger partial charge in [-0.2, -0.15) is 0 Å². The number of rotatable bonds is 5. The van der Waals surface area contributed by atoms with E-state index in [1.807, 2.05) is 0 Å². The first-order valence-electron chi connectivity index (χ1n) is 6.43. The van der Waals surface area contributed by atoms with E-state index in [2.05, 4.69) is 58.0 Å². The summed E-state index contributed by atoms with van der Waals surface area (Å²) in [6.45, 7) is 13.4. The number of allylic oxidation sites excluding steroid dienone is 2. The van der Waals surface area contributed by atoms with E-state index in [1.165, 1.54) is 5.57 Å². The number of aliphatic hydroxyl groups is 1. The summed E-state index contributed by atoms with van der Waals surface area (Å²) in [5.74, 6) is 3.29. The molecule has 1 N–H and O–H groups in total. The average Bonchev–Trinajstić information content (AvgIpc) is 2.20. The van der Waals surface area contributed by atoms with Gasteiger partial charge < -0.3 is 5.11 Å². The molecule has 0 saturated heterocycles. The molecule has 0 fully saturated rings. The summed E-state index contributed by atoms with van der Waals surface area (Å²) < 4.78 is 0. The molecule has 0 saturated carbocycles. The second-order valence-electron chi connectivity index (χ2n) is 6.63. The topological polar surface area (TPSA) is 20.2 Å². The summed E-state index contributed by atoms with van der Waals surface area (Å²) in [7, 11) is -1.20. The Morgan fingerprint density at radius 2 is 1.88 bits per heavy atom. The van der Waals surface area contributed by atoms with E-state index in [1.54, 1.807) is 0 Å². The molecule has 0 rings (SSSR count). The maximum absolute atomic E-state index is 9.16. The van der Waals surface area contributed by atoms with Crippen LogP contribution in [0.25, 0.3) is 0 Å². The molecule has 0 atom stereocenters. The van der Waals surface area contributed by atoms with Crippen molar-refractivity contribution in [3.05, 3.63) is 11.6 Å². The van der Waals surface area contributed by atoms with Crippen LogP contribution in [-0.4, -0.2) is 19.8 Å². The van der Waals surface area contributed by atoms with Crippen LogP contribution >= 0.6 is 0 Å². The lowest BCUT2D eigenvalue weighted by Crippen LogP contribution is -2.16. The minimum atomic E-state index is -1.20. The third-order valence-electron chi connectivity index (χ3n) is 2.54. The monoisotopic (exact) mass is 252 g/mol. The second kappa shape index (κ2) is 7.03. The fourth-order valence-corrected chi connectivity index (χ4v) is 1.86. The van der Waals surface area contributed by atoms with Crippen molar-refractivity contribution in [2.75, 3.05) is 6.61 Å². The van der Waals surface area contributed by atoms with Crippen molar-refractivity contribution in [3.63, 3.8) is 0 Å². The lowest BCUT2D eigenvalue weighted by molar-refractivity contribution is 0.162. The SMILES string of the molecule is C/C(=C\CC(C)(C)CO)CCC#C[Si](C)(C)C. The highest BCUT2D eigenvalue weighted by Crippen LogP contribution is 2.21. The normalized spacial score (nSPS) is 13.2. The molecule has 0 bridgehead atoms. The Bertz CT molecular complexity index is 310. The third-order valence-corrected chi connectivity index (χ3v) is 3.47. The van der Waals surface area contributed by atoms with Crippen molar-refractivity contribution in [2.24, 2.45) is 5.41 Å². The zero-order valence-corrected chi connectivity index (χ0v) is 13.4. The summed E-state index contributed by atoms with van der Waals surface area (Å²) in [5, 5.41) is 9.16. The molecular weight excluding hydrogens is 224 g/mol. The lowest BCUT2D eigenvalue weighted by atomic mass is 9.89. The van der Waals surface area contributed by atoms with Crippen LogP contribution in [-0.2, 0) is 0 Å². The molecule has 17 heavy (non-hydrogen) atoms. The van der Waals surface area contributed by atoms with Gasteiger partial charge in [0, 0.05) is 13.0 Å². The van der Waals surface area contributed by atoms with Crippen LogP contribution < -0.4 is 0 Å². The number of hydrogen-bond donors (Lipinski definition) is 1. The lowest BCUT2D eigenvalue weighted by Gasteiger charge is -2.19. The van der Waals surface area contributed by atoms with Gasteiger partial charge in [0.1, 0.15) is 8.07 Å². The molecule has 0 aliphatic heterocycles. The van der Waals surface area contributed by atoms with Crippen LogP contribution in [0.2, 0.25) is 19.6 Å². The van der Waals surface area contributed by atoms with E-state index in [0.29, 0.717) is 0 Å². The minimum Gasteiger partial charge on any atom is -0.396 e. The molecule has 0 aromatic carbocycles. The van der Waals surface area contributed by atoms with Crippen LogP contribution in [0.3, 0.4) is 0 Å².